The molecule has 1 aliphatic heterocycles. The van der Waals surface area contributed by atoms with E-state index in [0.29, 0.717) is 18.7 Å². The first kappa shape index (κ1) is 19.0. The van der Waals surface area contributed by atoms with Gasteiger partial charge >= 0.3 is 0 Å². The number of fused-ring (bicyclic) bond motifs is 1. The maximum atomic E-state index is 13.0. The van der Waals surface area contributed by atoms with Crippen molar-refractivity contribution in [3.8, 4) is 0 Å². The van der Waals surface area contributed by atoms with Crippen LogP contribution < -0.4 is 16.0 Å². The normalized spacial score (nSPS) is 16.5. The Morgan fingerprint density at radius 1 is 1.00 bits per heavy atom. The highest BCUT2D eigenvalue weighted by atomic mass is 16.3. The number of benzene rings is 2. The standard InChI is InChI=1S/C23H23N3O3/c27-22(20-13-17-9-4-5-10-18(17)14-24-20)26-21(16-7-2-1-3-8-16)23(28)25-15-19-11-6-12-29-19/h1-12,20-21,24H,13-15H2,(H,25,28)(H,26,27). The summed E-state index contributed by atoms with van der Waals surface area (Å²) in [4.78, 5) is 25.8. The Hall–Kier alpha value is -3.38. The summed E-state index contributed by atoms with van der Waals surface area (Å²) in [6.07, 6.45) is 2.15. The van der Waals surface area contributed by atoms with Gasteiger partial charge in [-0.15, -0.1) is 0 Å². The Kier molecular flexibility index (Phi) is 5.72. The number of hydrogen-bond donors (Lipinski definition) is 3. The van der Waals surface area contributed by atoms with Crippen molar-refractivity contribution in [2.24, 2.45) is 0 Å². The number of rotatable bonds is 6. The molecule has 1 aliphatic rings. The van der Waals surface area contributed by atoms with Crippen LogP contribution in [0.4, 0.5) is 0 Å². The first-order valence-electron chi connectivity index (χ1n) is 9.66. The molecule has 2 heterocycles. The fourth-order valence-electron chi connectivity index (χ4n) is 3.52. The van der Waals surface area contributed by atoms with Gasteiger partial charge in [0.2, 0.25) is 11.8 Å². The molecule has 2 aromatic carbocycles. The van der Waals surface area contributed by atoms with Gasteiger partial charge in [0, 0.05) is 6.54 Å². The molecule has 148 valence electrons. The Morgan fingerprint density at radius 3 is 2.52 bits per heavy atom. The molecule has 2 amide bonds. The van der Waals surface area contributed by atoms with Gasteiger partial charge < -0.3 is 20.4 Å². The zero-order valence-electron chi connectivity index (χ0n) is 15.9. The first-order chi connectivity index (χ1) is 14.2. The maximum Gasteiger partial charge on any atom is 0.247 e. The van der Waals surface area contributed by atoms with E-state index in [-0.39, 0.29) is 24.4 Å². The molecule has 0 radical (unpaired) electrons. The number of hydrogen-bond acceptors (Lipinski definition) is 4. The molecule has 29 heavy (non-hydrogen) atoms. The molecule has 6 heteroatoms. The van der Waals surface area contributed by atoms with Gasteiger partial charge in [-0.3, -0.25) is 9.59 Å². The smallest absolute Gasteiger partial charge is 0.247 e. The van der Waals surface area contributed by atoms with Gasteiger partial charge in [-0.25, -0.2) is 0 Å². The molecule has 0 aliphatic carbocycles. The van der Waals surface area contributed by atoms with Gasteiger partial charge in [0.15, 0.2) is 0 Å². The van der Waals surface area contributed by atoms with Crippen molar-refractivity contribution < 1.29 is 14.0 Å². The Balaban J connectivity index is 1.46. The van der Waals surface area contributed by atoms with Crippen LogP contribution in [0.15, 0.2) is 77.4 Å². The number of carbonyl (C=O) groups is 2. The van der Waals surface area contributed by atoms with E-state index in [2.05, 4.69) is 22.0 Å². The Morgan fingerprint density at radius 2 is 1.76 bits per heavy atom. The molecule has 1 aromatic heterocycles. The largest absolute Gasteiger partial charge is 0.467 e. The van der Waals surface area contributed by atoms with Crippen LogP contribution in [-0.4, -0.2) is 17.9 Å². The van der Waals surface area contributed by atoms with Gasteiger partial charge in [-0.2, -0.15) is 0 Å². The van der Waals surface area contributed by atoms with Crippen molar-refractivity contribution in [3.63, 3.8) is 0 Å². The van der Waals surface area contributed by atoms with Crippen LogP contribution in [0.1, 0.15) is 28.5 Å². The lowest BCUT2D eigenvalue weighted by Gasteiger charge is -2.27. The summed E-state index contributed by atoms with van der Waals surface area (Å²) in [5.41, 5.74) is 3.09. The van der Waals surface area contributed by atoms with Crippen molar-refractivity contribution in [1.82, 2.24) is 16.0 Å². The average molecular weight is 389 g/mol. The summed E-state index contributed by atoms with van der Waals surface area (Å²) in [6, 6.07) is 19.7. The monoisotopic (exact) mass is 389 g/mol. The van der Waals surface area contributed by atoms with E-state index >= 15 is 0 Å². The lowest BCUT2D eigenvalue weighted by atomic mass is 9.95. The van der Waals surface area contributed by atoms with E-state index in [1.807, 2.05) is 48.5 Å². The lowest BCUT2D eigenvalue weighted by Crippen LogP contribution is -2.50. The number of furan rings is 1. The zero-order chi connectivity index (χ0) is 20.1. The fraction of sp³-hybridized carbons (Fsp3) is 0.217. The molecule has 3 N–H and O–H groups in total. The maximum absolute atomic E-state index is 13.0. The van der Waals surface area contributed by atoms with Gasteiger partial charge in [0.25, 0.3) is 0 Å². The topological polar surface area (TPSA) is 83.4 Å². The van der Waals surface area contributed by atoms with Crippen LogP contribution in [-0.2, 0) is 29.1 Å². The molecule has 0 fully saturated rings. The van der Waals surface area contributed by atoms with E-state index < -0.39 is 6.04 Å². The molecule has 0 spiro atoms. The van der Waals surface area contributed by atoms with Gasteiger partial charge in [-0.1, -0.05) is 54.6 Å². The second kappa shape index (κ2) is 8.75. The molecule has 6 nitrogen and oxygen atoms in total. The second-order valence-electron chi connectivity index (χ2n) is 7.06. The highest BCUT2D eigenvalue weighted by molar-refractivity contribution is 5.90. The number of amides is 2. The fourth-order valence-corrected chi connectivity index (χ4v) is 3.52. The molecular formula is C23H23N3O3. The van der Waals surface area contributed by atoms with Crippen molar-refractivity contribution in [3.05, 3.63) is 95.4 Å². The summed E-state index contributed by atoms with van der Waals surface area (Å²) in [5.74, 6) is 0.181. The average Bonchev–Trinajstić information content (AvgIpc) is 3.29. The van der Waals surface area contributed by atoms with E-state index in [4.69, 9.17) is 4.42 Å². The van der Waals surface area contributed by atoms with E-state index in [0.717, 1.165) is 11.1 Å². The van der Waals surface area contributed by atoms with Crippen molar-refractivity contribution >= 4 is 11.8 Å². The molecule has 3 aromatic rings. The van der Waals surface area contributed by atoms with Crippen LogP contribution >= 0.6 is 0 Å². The van der Waals surface area contributed by atoms with Gasteiger partial charge in [0.1, 0.15) is 11.8 Å². The lowest BCUT2D eigenvalue weighted by molar-refractivity contribution is -0.130. The molecular weight excluding hydrogens is 366 g/mol. The van der Waals surface area contributed by atoms with Crippen molar-refractivity contribution in [2.75, 3.05) is 0 Å². The minimum atomic E-state index is -0.780. The van der Waals surface area contributed by atoms with Gasteiger partial charge in [0.05, 0.1) is 18.8 Å². The quantitative estimate of drug-likeness (QED) is 0.605. The minimum Gasteiger partial charge on any atom is -0.467 e. The molecule has 0 saturated heterocycles. The molecule has 0 bridgehead atoms. The Bertz CT molecular complexity index is 970. The van der Waals surface area contributed by atoms with Crippen molar-refractivity contribution in [1.29, 1.82) is 0 Å². The third-order valence-corrected chi connectivity index (χ3v) is 5.10. The molecule has 0 saturated carbocycles. The van der Waals surface area contributed by atoms with E-state index in [9.17, 15) is 9.59 Å². The summed E-state index contributed by atoms with van der Waals surface area (Å²) >= 11 is 0. The molecule has 2 unspecified atom stereocenters. The summed E-state index contributed by atoms with van der Waals surface area (Å²) in [5, 5.41) is 9.03. The summed E-state index contributed by atoms with van der Waals surface area (Å²) < 4.78 is 5.27. The van der Waals surface area contributed by atoms with Crippen molar-refractivity contribution in [2.45, 2.75) is 31.6 Å². The summed E-state index contributed by atoms with van der Waals surface area (Å²) in [7, 11) is 0. The first-order valence-corrected chi connectivity index (χ1v) is 9.66. The minimum absolute atomic E-state index is 0.193. The molecule has 4 rings (SSSR count). The van der Waals surface area contributed by atoms with Crippen LogP contribution in [0.2, 0.25) is 0 Å². The molecule has 2 atom stereocenters. The van der Waals surface area contributed by atoms with Crippen LogP contribution in [0.3, 0.4) is 0 Å². The zero-order valence-corrected chi connectivity index (χ0v) is 15.9. The second-order valence-corrected chi connectivity index (χ2v) is 7.06. The van der Waals surface area contributed by atoms with Crippen LogP contribution in [0.5, 0.6) is 0 Å². The SMILES string of the molecule is O=C(NC(C(=O)NCc1ccco1)c1ccccc1)C1Cc2ccccc2CN1. The number of carbonyl (C=O) groups excluding carboxylic acids is 2. The predicted molar refractivity (Wildman–Crippen MR) is 109 cm³/mol. The Labute approximate surface area is 169 Å². The van der Waals surface area contributed by atoms with E-state index in [1.165, 1.54) is 5.56 Å². The highest BCUT2D eigenvalue weighted by Crippen LogP contribution is 2.18. The van der Waals surface area contributed by atoms with Crippen LogP contribution in [0, 0.1) is 0 Å². The van der Waals surface area contributed by atoms with E-state index in [1.54, 1.807) is 18.4 Å². The van der Waals surface area contributed by atoms with Crippen LogP contribution in [0.25, 0.3) is 0 Å². The van der Waals surface area contributed by atoms with Gasteiger partial charge in [-0.05, 0) is 35.2 Å². The highest BCUT2D eigenvalue weighted by Gasteiger charge is 2.29. The summed E-state index contributed by atoms with van der Waals surface area (Å²) in [6.45, 7) is 0.898. The third-order valence-electron chi connectivity index (χ3n) is 5.10. The predicted octanol–water partition coefficient (Wildman–Crippen LogP) is 2.47. The third kappa shape index (κ3) is 4.55. The number of nitrogens with one attached hydrogen (secondary N) is 3.